The molecule has 7 heteroatoms. The van der Waals surface area contributed by atoms with Crippen LogP contribution < -0.4 is 10.8 Å². The molecule has 0 saturated heterocycles. The molecule has 0 spiro atoms. The predicted molar refractivity (Wildman–Crippen MR) is 65.1 cm³/mol. The van der Waals surface area contributed by atoms with Gasteiger partial charge in [-0.25, -0.2) is 15.1 Å². The van der Waals surface area contributed by atoms with E-state index in [1.807, 2.05) is 5.48 Å². The van der Waals surface area contributed by atoms with Crippen LogP contribution in [-0.2, 0) is 9.63 Å². The van der Waals surface area contributed by atoms with Gasteiger partial charge in [0.25, 0.3) is 0 Å². The zero-order valence-electron chi connectivity index (χ0n) is 9.64. The van der Waals surface area contributed by atoms with E-state index in [4.69, 9.17) is 16.7 Å². The molecule has 0 saturated carbocycles. The molecule has 1 rings (SSSR count). The lowest BCUT2D eigenvalue weighted by Gasteiger charge is -2.15. The second-order valence-corrected chi connectivity index (χ2v) is 3.91. The molecule has 98 valence electrons. The monoisotopic (exact) mass is 272 g/mol. The third kappa shape index (κ3) is 4.60. The summed E-state index contributed by atoms with van der Waals surface area (Å²) in [6, 6.07) is 6.13. The number of urea groups is 1. The van der Waals surface area contributed by atoms with Crippen LogP contribution in [0.2, 0.25) is 5.02 Å². The smallest absolute Gasteiger partial charge is 0.339 e. The quantitative estimate of drug-likeness (QED) is 0.712. The first-order valence-electron chi connectivity index (χ1n) is 5.15. The Morgan fingerprint density at radius 3 is 2.72 bits per heavy atom. The van der Waals surface area contributed by atoms with Crippen molar-refractivity contribution in [3.63, 3.8) is 0 Å². The highest BCUT2D eigenvalue weighted by molar-refractivity contribution is 6.31. The fraction of sp³-hybridized carbons (Fsp3) is 0.273. The van der Waals surface area contributed by atoms with Crippen LogP contribution in [0, 0.1) is 0 Å². The summed E-state index contributed by atoms with van der Waals surface area (Å²) in [5.41, 5.74) is 2.72. The predicted octanol–water partition coefficient (Wildman–Crippen LogP) is 1.72. The van der Waals surface area contributed by atoms with Crippen molar-refractivity contribution in [1.82, 2.24) is 10.8 Å². The minimum absolute atomic E-state index is 0.327. The van der Waals surface area contributed by atoms with Crippen molar-refractivity contribution in [2.24, 2.45) is 0 Å². The van der Waals surface area contributed by atoms with E-state index in [9.17, 15) is 9.59 Å². The first-order valence-corrected chi connectivity index (χ1v) is 5.53. The molecule has 2 amide bonds. The molecule has 0 aliphatic heterocycles. The average molecular weight is 273 g/mol. The number of halogens is 1. The minimum atomic E-state index is -1.17. The summed E-state index contributed by atoms with van der Waals surface area (Å²) >= 11 is 5.97. The molecule has 0 radical (unpaired) electrons. The Labute approximate surface area is 109 Å². The van der Waals surface area contributed by atoms with Crippen molar-refractivity contribution in [2.45, 2.75) is 13.0 Å². The maximum absolute atomic E-state index is 11.3. The molecule has 0 heterocycles. The van der Waals surface area contributed by atoms with Crippen molar-refractivity contribution < 1.29 is 19.5 Å². The summed E-state index contributed by atoms with van der Waals surface area (Å²) in [5.74, 6) is -1.17. The summed E-state index contributed by atoms with van der Waals surface area (Å²) < 4.78 is 0. The summed E-state index contributed by atoms with van der Waals surface area (Å²) in [5, 5.41) is 11.4. The van der Waals surface area contributed by atoms with Crippen molar-refractivity contribution in [3.8, 4) is 0 Å². The molecule has 6 nitrogen and oxygen atoms in total. The molecule has 18 heavy (non-hydrogen) atoms. The van der Waals surface area contributed by atoms with Crippen LogP contribution in [0.1, 0.15) is 18.5 Å². The van der Waals surface area contributed by atoms with Gasteiger partial charge in [0.05, 0.1) is 6.04 Å². The van der Waals surface area contributed by atoms with Gasteiger partial charge < -0.3 is 10.4 Å². The second kappa shape index (κ2) is 6.83. The van der Waals surface area contributed by atoms with Crippen molar-refractivity contribution in [1.29, 1.82) is 0 Å². The van der Waals surface area contributed by atoms with Crippen molar-refractivity contribution >= 4 is 23.6 Å². The number of carbonyl (C=O) groups excluding carboxylic acids is 1. The third-order valence-corrected chi connectivity index (χ3v) is 2.42. The van der Waals surface area contributed by atoms with Gasteiger partial charge in [-0.15, -0.1) is 0 Å². The first-order chi connectivity index (χ1) is 8.50. The van der Waals surface area contributed by atoms with Crippen LogP contribution in [-0.4, -0.2) is 23.7 Å². The number of hydroxylamine groups is 1. The van der Waals surface area contributed by atoms with Crippen LogP contribution in [0.25, 0.3) is 0 Å². The highest BCUT2D eigenvalue weighted by atomic mass is 35.5. The molecule has 0 fully saturated rings. The van der Waals surface area contributed by atoms with E-state index in [0.717, 1.165) is 5.56 Å². The SMILES string of the molecule is CC(NC(=O)NOCC(=O)O)c1ccccc1Cl. The summed E-state index contributed by atoms with van der Waals surface area (Å²) in [6.07, 6.45) is 0. The Bertz CT molecular complexity index is 439. The van der Waals surface area contributed by atoms with Gasteiger partial charge in [-0.2, -0.15) is 0 Å². The van der Waals surface area contributed by atoms with E-state index in [-0.39, 0.29) is 6.04 Å². The number of carboxylic acids is 1. The van der Waals surface area contributed by atoms with Crippen LogP contribution in [0.15, 0.2) is 24.3 Å². The van der Waals surface area contributed by atoms with Gasteiger partial charge in [-0.1, -0.05) is 29.8 Å². The van der Waals surface area contributed by atoms with Gasteiger partial charge in [0.15, 0.2) is 6.61 Å². The lowest BCUT2D eigenvalue weighted by atomic mass is 10.1. The third-order valence-electron chi connectivity index (χ3n) is 2.08. The van der Waals surface area contributed by atoms with Crippen LogP contribution >= 0.6 is 11.6 Å². The Hall–Kier alpha value is -1.79. The number of hydrogen-bond acceptors (Lipinski definition) is 3. The number of carboxylic acid groups (broad SMARTS) is 1. The van der Waals surface area contributed by atoms with Crippen LogP contribution in [0.4, 0.5) is 4.79 Å². The van der Waals surface area contributed by atoms with Crippen LogP contribution in [0.3, 0.4) is 0 Å². The van der Waals surface area contributed by atoms with Crippen molar-refractivity contribution in [2.75, 3.05) is 6.61 Å². The molecule has 1 atom stereocenters. The molecular weight excluding hydrogens is 260 g/mol. The van der Waals surface area contributed by atoms with Gasteiger partial charge in [0.2, 0.25) is 0 Å². The minimum Gasteiger partial charge on any atom is -0.479 e. The molecule has 3 N–H and O–H groups in total. The normalized spacial score (nSPS) is 11.7. The van der Waals surface area contributed by atoms with Gasteiger partial charge in [-0.3, -0.25) is 4.84 Å². The van der Waals surface area contributed by atoms with E-state index < -0.39 is 18.6 Å². The highest BCUT2D eigenvalue weighted by Crippen LogP contribution is 2.21. The number of rotatable bonds is 5. The largest absolute Gasteiger partial charge is 0.479 e. The van der Waals surface area contributed by atoms with E-state index in [0.29, 0.717) is 5.02 Å². The molecule has 0 bridgehead atoms. The molecule has 1 aromatic rings. The number of carbonyl (C=O) groups is 2. The number of nitrogens with one attached hydrogen (secondary N) is 2. The summed E-state index contributed by atoms with van der Waals surface area (Å²) in [7, 11) is 0. The molecule has 1 unspecified atom stereocenters. The molecule has 1 aromatic carbocycles. The number of amides is 2. The number of benzene rings is 1. The molecule has 0 aliphatic carbocycles. The van der Waals surface area contributed by atoms with Gasteiger partial charge >= 0.3 is 12.0 Å². The van der Waals surface area contributed by atoms with E-state index in [2.05, 4.69) is 10.2 Å². The first kappa shape index (κ1) is 14.3. The molecular formula is C11H13ClN2O4. The number of aliphatic carboxylic acids is 1. The fourth-order valence-corrected chi connectivity index (χ4v) is 1.59. The van der Waals surface area contributed by atoms with E-state index >= 15 is 0 Å². The molecule has 0 aromatic heterocycles. The summed E-state index contributed by atoms with van der Waals surface area (Å²) in [6.45, 7) is 1.14. The summed E-state index contributed by atoms with van der Waals surface area (Å²) in [4.78, 5) is 25.9. The average Bonchev–Trinajstić information content (AvgIpc) is 2.28. The highest BCUT2D eigenvalue weighted by Gasteiger charge is 2.12. The fourth-order valence-electron chi connectivity index (χ4n) is 1.29. The standard InChI is InChI=1S/C11H13ClN2O4/c1-7(8-4-2-3-5-9(8)12)13-11(17)14-18-6-10(15)16/h2-5,7H,6H2,1H3,(H,15,16)(H2,13,14,17). The Morgan fingerprint density at radius 1 is 1.44 bits per heavy atom. The molecule has 0 aliphatic rings. The Kier molecular flexibility index (Phi) is 5.41. The maximum atomic E-state index is 11.3. The zero-order chi connectivity index (χ0) is 13.5. The van der Waals surface area contributed by atoms with Gasteiger partial charge in [0, 0.05) is 5.02 Å². The Balaban J connectivity index is 2.45. The van der Waals surface area contributed by atoms with E-state index in [1.165, 1.54) is 0 Å². The zero-order valence-corrected chi connectivity index (χ0v) is 10.4. The Morgan fingerprint density at radius 2 is 2.11 bits per heavy atom. The van der Waals surface area contributed by atoms with Crippen molar-refractivity contribution in [3.05, 3.63) is 34.9 Å². The second-order valence-electron chi connectivity index (χ2n) is 3.50. The van der Waals surface area contributed by atoms with Crippen LogP contribution in [0.5, 0.6) is 0 Å². The van der Waals surface area contributed by atoms with Gasteiger partial charge in [0.1, 0.15) is 0 Å². The maximum Gasteiger partial charge on any atom is 0.339 e. The van der Waals surface area contributed by atoms with Gasteiger partial charge in [-0.05, 0) is 18.6 Å². The topological polar surface area (TPSA) is 87.7 Å². The lowest BCUT2D eigenvalue weighted by molar-refractivity contribution is -0.144. The number of hydrogen-bond donors (Lipinski definition) is 3. The lowest BCUT2D eigenvalue weighted by Crippen LogP contribution is -2.38. The van der Waals surface area contributed by atoms with E-state index in [1.54, 1.807) is 31.2 Å².